The second-order valence-electron chi connectivity index (χ2n) is 8.99. The Morgan fingerprint density at radius 1 is 1.14 bits per heavy atom. The summed E-state index contributed by atoms with van der Waals surface area (Å²) in [5, 5.41) is 12.8. The molecule has 5 nitrogen and oxygen atoms in total. The molecule has 1 atom stereocenters. The number of alkyl halides is 5. The molecule has 1 heterocycles. The summed E-state index contributed by atoms with van der Waals surface area (Å²) in [5.74, 6) is -5.87. The van der Waals surface area contributed by atoms with Crippen molar-refractivity contribution in [3.05, 3.63) is 64.7 Å². The zero-order valence-corrected chi connectivity index (χ0v) is 19.5. The van der Waals surface area contributed by atoms with E-state index in [4.69, 9.17) is 0 Å². The van der Waals surface area contributed by atoms with E-state index in [0.29, 0.717) is 41.5 Å². The van der Waals surface area contributed by atoms with E-state index in [1.165, 1.54) is 6.08 Å². The van der Waals surface area contributed by atoms with Crippen LogP contribution in [-0.4, -0.2) is 35.5 Å². The van der Waals surface area contributed by atoms with Crippen molar-refractivity contribution in [1.29, 1.82) is 0 Å². The topological polar surface area (TPSA) is 69.6 Å². The van der Waals surface area contributed by atoms with Crippen molar-refractivity contribution in [3.63, 3.8) is 0 Å². The summed E-state index contributed by atoms with van der Waals surface area (Å²) in [6.45, 7) is 0.820. The Bertz CT molecular complexity index is 1220. The molecule has 192 valence electrons. The Hall–Kier alpha value is -3.27. The molecule has 0 fully saturated rings. The highest BCUT2D eigenvalue weighted by Gasteiger charge is 2.43. The van der Waals surface area contributed by atoms with Crippen LogP contribution in [0.5, 0.6) is 0 Å². The number of halogens is 5. The van der Waals surface area contributed by atoms with Crippen molar-refractivity contribution in [3.8, 4) is 0 Å². The zero-order chi connectivity index (χ0) is 26.3. The van der Waals surface area contributed by atoms with Gasteiger partial charge in [0.1, 0.15) is 0 Å². The van der Waals surface area contributed by atoms with Crippen molar-refractivity contribution < 1.29 is 36.6 Å². The number of amides is 2. The summed E-state index contributed by atoms with van der Waals surface area (Å²) < 4.78 is 68.4. The number of fused-ring (bicyclic) bond motifs is 2. The molecular formula is C26H25F5N2O3. The third kappa shape index (κ3) is 5.13. The first-order valence-electron chi connectivity index (χ1n) is 11.6. The Morgan fingerprint density at radius 3 is 2.58 bits per heavy atom. The van der Waals surface area contributed by atoms with Crippen LogP contribution >= 0.6 is 0 Å². The van der Waals surface area contributed by atoms with Gasteiger partial charge in [-0.25, -0.2) is 0 Å². The van der Waals surface area contributed by atoms with E-state index in [1.807, 2.05) is 6.07 Å². The van der Waals surface area contributed by atoms with Crippen LogP contribution in [-0.2, 0) is 28.6 Å². The molecule has 0 saturated carbocycles. The molecule has 0 saturated heterocycles. The number of benzene rings is 2. The standard InChI is InChI=1S/C26H25F5N2O3/c1-2-25(27,28)24(36)33-11-10-16(19-9-7-17(13-22(19)33)26(29,30)31)12-23(35)32-21-5-3-4-15-6-8-18(34)14-20(15)21/h3-5,7,9,12-13,18,34H,2,6,8,10-11,14H2,1H3,(H,32,35). The van der Waals surface area contributed by atoms with Crippen LogP contribution in [0.4, 0.5) is 33.3 Å². The van der Waals surface area contributed by atoms with Gasteiger partial charge in [0, 0.05) is 36.7 Å². The number of aliphatic hydroxyl groups excluding tert-OH is 1. The van der Waals surface area contributed by atoms with Crippen LogP contribution in [0.2, 0.25) is 0 Å². The second kappa shape index (κ2) is 9.65. The van der Waals surface area contributed by atoms with Crippen LogP contribution in [0, 0.1) is 0 Å². The fourth-order valence-electron chi connectivity index (χ4n) is 4.61. The molecule has 2 aliphatic rings. The van der Waals surface area contributed by atoms with E-state index in [-0.39, 0.29) is 24.2 Å². The van der Waals surface area contributed by atoms with Crippen molar-refractivity contribution in [2.75, 3.05) is 16.8 Å². The number of carbonyl (C=O) groups is 2. The van der Waals surface area contributed by atoms with Gasteiger partial charge in [-0.1, -0.05) is 25.1 Å². The van der Waals surface area contributed by atoms with E-state index < -0.39 is 42.0 Å². The van der Waals surface area contributed by atoms with Gasteiger partial charge in [-0.2, -0.15) is 22.0 Å². The van der Waals surface area contributed by atoms with Gasteiger partial charge in [-0.3, -0.25) is 9.59 Å². The van der Waals surface area contributed by atoms with Gasteiger partial charge in [0.05, 0.1) is 17.4 Å². The Kier molecular flexibility index (Phi) is 6.92. The summed E-state index contributed by atoms with van der Waals surface area (Å²) in [7, 11) is 0. The van der Waals surface area contributed by atoms with Gasteiger partial charge in [0.15, 0.2) is 0 Å². The van der Waals surface area contributed by atoms with E-state index >= 15 is 0 Å². The van der Waals surface area contributed by atoms with Crippen molar-refractivity contribution in [2.45, 2.75) is 57.2 Å². The van der Waals surface area contributed by atoms with Crippen LogP contribution in [0.25, 0.3) is 5.57 Å². The summed E-state index contributed by atoms with van der Waals surface area (Å²) in [6.07, 6.45) is -3.17. The minimum Gasteiger partial charge on any atom is -0.393 e. The molecule has 1 aliphatic heterocycles. The highest BCUT2D eigenvalue weighted by molar-refractivity contribution is 6.08. The maximum Gasteiger partial charge on any atom is 0.416 e. The first-order valence-corrected chi connectivity index (χ1v) is 11.6. The van der Waals surface area contributed by atoms with Gasteiger partial charge in [-0.05, 0) is 54.2 Å². The summed E-state index contributed by atoms with van der Waals surface area (Å²) in [6, 6.07) is 7.96. The number of anilines is 2. The monoisotopic (exact) mass is 508 g/mol. The maximum atomic E-state index is 14.2. The minimum absolute atomic E-state index is 0.00291. The number of carbonyl (C=O) groups excluding carboxylic acids is 2. The SMILES string of the molecule is CCC(F)(F)C(=O)N1CCC(=CC(=O)Nc2cccc3c2CC(O)CC3)c2ccc(C(F)(F)F)cc21. The lowest BCUT2D eigenvalue weighted by Gasteiger charge is -2.33. The Labute approximate surface area is 204 Å². The third-order valence-electron chi connectivity index (χ3n) is 6.59. The molecule has 1 aliphatic carbocycles. The number of aryl methyl sites for hydroxylation is 1. The molecule has 36 heavy (non-hydrogen) atoms. The quantitative estimate of drug-likeness (QED) is 0.432. The lowest BCUT2D eigenvalue weighted by Crippen LogP contribution is -2.45. The number of nitrogens with zero attached hydrogens (tertiary/aromatic N) is 1. The number of hydrogen-bond acceptors (Lipinski definition) is 3. The summed E-state index contributed by atoms with van der Waals surface area (Å²) in [4.78, 5) is 26.0. The van der Waals surface area contributed by atoms with Gasteiger partial charge >= 0.3 is 12.1 Å². The fourth-order valence-corrected chi connectivity index (χ4v) is 4.61. The smallest absolute Gasteiger partial charge is 0.393 e. The summed E-state index contributed by atoms with van der Waals surface area (Å²) >= 11 is 0. The number of aliphatic hydroxyl groups is 1. The predicted molar refractivity (Wildman–Crippen MR) is 125 cm³/mol. The zero-order valence-electron chi connectivity index (χ0n) is 19.5. The molecular weight excluding hydrogens is 483 g/mol. The molecule has 2 aromatic rings. The fraction of sp³-hybridized carbons (Fsp3) is 0.385. The molecule has 4 rings (SSSR count). The van der Waals surface area contributed by atoms with E-state index in [0.717, 1.165) is 30.2 Å². The molecule has 0 bridgehead atoms. The van der Waals surface area contributed by atoms with E-state index in [9.17, 15) is 36.6 Å². The van der Waals surface area contributed by atoms with Crippen molar-refractivity contribution in [2.24, 2.45) is 0 Å². The number of nitrogens with one attached hydrogen (secondary N) is 1. The van der Waals surface area contributed by atoms with Crippen LogP contribution in [0.3, 0.4) is 0 Å². The van der Waals surface area contributed by atoms with Crippen LogP contribution in [0.15, 0.2) is 42.5 Å². The van der Waals surface area contributed by atoms with Gasteiger partial charge in [0.25, 0.3) is 5.91 Å². The normalized spacial score (nSPS) is 19.0. The number of rotatable bonds is 4. The predicted octanol–water partition coefficient (Wildman–Crippen LogP) is 5.36. The summed E-state index contributed by atoms with van der Waals surface area (Å²) in [5.41, 5.74) is 1.39. The van der Waals surface area contributed by atoms with Crippen molar-refractivity contribution >= 4 is 28.8 Å². The largest absolute Gasteiger partial charge is 0.416 e. The average Bonchev–Trinajstić information content (AvgIpc) is 2.83. The second-order valence-corrected chi connectivity index (χ2v) is 8.99. The lowest BCUT2D eigenvalue weighted by atomic mass is 9.88. The molecule has 2 amide bonds. The molecule has 10 heteroatoms. The van der Waals surface area contributed by atoms with Gasteiger partial charge in [0.2, 0.25) is 5.91 Å². The average molecular weight is 508 g/mol. The first-order chi connectivity index (χ1) is 16.9. The molecule has 0 radical (unpaired) electrons. The number of hydrogen-bond donors (Lipinski definition) is 2. The molecule has 0 spiro atoms. The lowest BCUT2D eigenvalue weighted by molar-refractivity contribution is -0.143. The van der Waals surface area contributed by atoms with Crippen LogP contribution < -0.4 is 10.2 Å². The van der Waals surface area contributed by atoms with Gasteiger partial charge in [-0.15, -0.1) is 0 Å². The van der Waals surface area contributed by atoms with E-state index in [2.05, 4.69) is 5.32 Å². The molecule has 2 aromatic carbocycles. The Morgan fingerprint density at radius 2 is 1.89 bits per heavy atom. The van der Waals surface area contributed by atoms with Crippen molar-refractivity contribution in [1.82, 2.24) is 0 Å². The molecule has 1 unspecified atom stereocenters. The van der Waals surface area contributed by atoms with Crippen LogP contribution in [0.1, 0.15) is 48.4 Å². The maximum absolute atomic E-state index is 14.2. The highest BCUT2D eigenvalue weighted by Crippen LogP contribution is 2.41. The third-order valence-corrected chi connectivity index (χ3v) is 6.59. The molecule has 2 N–H and O–H groups in total. The highest BCUT2D eigenvalue weighted by atomic mass is 19.4. The first kappa shape index (κ1) is 25.8. The molecule has 0 aromatic heterocycles. The minimum atomic E-state index is -4.74. The Balaban J connectivity index is 1.68. The van der Waals surface area contributed by atoms with E-state index in [1.54, 1.807) is 12.1 Å². The van der Waals surface area contributed by atoms with Gasteiger partial charge < -0.3 is 15.3 Å².